The molecule has 1 N–H and O–H groups in total. The summed E-state index contributed by atoms with van der Waals surface area (Å²) in [6.07, 6.45) is 0.274. The number of benzene rings is 1. The van der Waals surface area contributed by atoms with Crippen molar-refractivity contribution >= 4 is 28.5 Å². The van der Waals surface area contributed by atoms with Gasteiger partial charge in [-0.2, -0.15) is 0 Å². The van der Waals surface area contributed by atoms with E-state index in [0.29, 0.717) is 5.69 Å². The van der Waals surface area contributed by atoms with Crippen LogP contribution in [-0.2, 0) is 25.3 Å². The van der Waals surface area contributed by atoms with Crippen LogP contribution >= 0.6 is 0 Å². The highest BCUT2D eigenvalue weighted by molar-refractivity contribution is 6.03. The number of carbonyl (C=O) groups is 2. The average molecular weight is 395 g/mol. The summed E-state index contributed by atoms with van der Waals surface area (Å²) in [5.41, 5.74) is 0.601. The van der Waals surface area contributed by atoms with E-state index in [9.17, 15) is 19.2 Å². The number of hydrogen-bond donors (Lipinski definition) is 1. The molecular formula is C20H21N5O4. The first-order valence-electron chi connectivity index (χ1n) is 8.86. The molecule has 0 aliphatic rings. The molecule has 2 aromatic heterocycles. The van der Waals surface area contributed by atoms with Crippen LogP contribution in [0, 0.1) is 0 Å². The number of pyridine rings is 1. The van der Waals surface area contributed by atoms with E-state index in [0.717, 1.165) is 10.1 Å². The van der Waals surface area contributed by atoms with Crippen LogP contribution in [0.1, 0.15) is 16.1 Å². The first-order chi connectivity index (χ1) is 13.7. The minimum Gasteiger partial charge on any atom is -0.349 e. The second-order valence-corrected chi connectivity index (χ2v) is 6.89. The monoisotopic (exact) mass is 395 g/mol. The fourth-order valence-corrected chi connectivity index (χ4v) is 2.81. The highest BCUT2D eigenvalue weighted by Crippen LogP contribution is 2.13. The average Bonchev–Trinajstić information content (AvgIpc) is 2.71. The number of hydrogen-bond acceptors (Lipinski definition) is 5. The van der Waals surface area contributed by atoms with Crippen molar-refractivity contribution in [2.45, 2.75) is 6.42 Å². The van der Waals surface area contributed by atoms with Crippen molar-refractivity contribution in [3.8, 4) is 0 Å². The molecule has 0 radical (unpaired) electrons. The number of amides is 2. The summed E-state index contributed by atoms with van der Waals surface area (Å²) in [4.78, 5) is 54.3. The number of nitrogens with one attached hydrogen (secondary N) is 1. The van der Waals surface area contributed by atoms with E-state index in [1.54, 1.807) is 38.4 Å². The van der Waals surface area contributed by atoms with Gasteiger partial charge in [0.05, 0.1) is 11.8 Å². The molecule has 3 rings (SSSR count). The molecule has 150 valence electrons. The number of rotatable bonds is 4. The molecule has 2 heterocycles. The zero-order chi connectivity index (χ0) is 21.3. The van der Waals surface area contributed by atoms with Gasteiger partial charge in [-0.25, -0.2) is 9.78 Å². The van der Waals surface area contributed by atoms with Crippen LogP contribution in [0.2, 0.25) is 0 Å². The largest absolute Gasteiger partial charge is 0.349 e. The van der Waals surface area contributed by atoms with E-state index >= 15 is 0 Å². The lowest BCUT2D eigenvalue weighted by Gasteiger charge is -2.11. The molecule has 9 heteroatoms. The van der Waals surface area contributed by atoms with Gasteiger partial charge in [-0.15, -0.1) is 0 Å². The molecule has 3 aromatic rings. The van der Waals surface area contributed by atoms with E-state index in [-0.39, 0.29) is 29.1 Å². The van der Waals surface area contributed by atoms with Gasteiger partial charge in [-0.1, -0.05) is 12.1 Å². The first kappa shape index (κ1) is 20.0. The number of aryl methyl sites for hydroxylation is 1. The third kappa shape index (κ3) is 3.93. The summed E-state index contributed by atoms with van der Waals surface area (Å²) in [5.74, 6) is -0.490. The third-order valence-corrected chi connectivity index (χ3v) is 4.60. The summed E-state index contributed by atoms with van der Waals surface area (Å²) >= 11 is 0. The molecule has 0 saturated heterocycles. The number of nitrogens with zero attached hydrogens (tertiary/aromatic N) is 4. The van der Waals surface area contributed by atoms with Crippen molar-refractivity contribution < 1.29 is 9.59 Å². The van der Waals surface area contributed by atoms with Crippen LogP contribution in [0.15, 0.2) is 46.0 Å². The molecule has 29 heavy (non-hydrogen) atoms. The van der Waals surface area contributed by atoms with E-state index in [4.69, 9.17) is 0 Å². The standard InChI is InChI=1S/C20H21N5O4/c1-23(2)16(26)11-12-5-7-13(8-6-12)21-18(27)15-10-9-14-17(22-15)24(3)20(29)25(4)19(14)28/h5-10H,11H2,1-4H3,(H,21,27). The molecule has 1 aromatic carbocycles. The van der Waals surface area contributed by atoms with Gasteiger partial charge in [0.1, 0.15) is 11.3 Å². The van der Waals surface area contributed by atoms with Crippen molar-refractivity contribution in [3.05, 3.63) is 68.5 Å². The van der Waals surface area contributed by atoms with Gasteiger partial charge in [0.2, 0.25) is 5.91 Å². The fraction of sp³-hybridized carbons (Fsp3) is 0.250. The molecule has 0 aliphatic heterocycles. The van der Waals surface area contributed by atoms with Crippen LogP contribution in [0.4, 0.5) is 5.69 Å². The van der Waals surface area contributed by atoms with Crippen molar-refractivity contribution in [1.82, 2.24) is 19.0 Å². The van der Waals surface area contributed by atoms with Crippen LogP contribution in [-0.4, -0.2) is 44.9 Å². The molecule has 2 amide bonds. The normalized spacial score (nSPS) is 10.8. The highest BCUT2D eigenvalue weighted by atomic mass is 16.2. The molecule has 0 unspecified atom stereocenters. The molecule has 0 aliphatic carbocycles. The summed E-state index contributed by atoms with van der Waals surface area (Å²) in [6.45, 7) is 0. The third-order valence-electron chi connectivity index (χ3n) is 4.60. The van der Waals surface area contributed by atoms with E-state index in [1.807, 2.05) is 0 Å². The Bertz CT molecular complexity index is 1220. The lowest BCUT2D eigenvalue weighted by Crippen LogP contribution is -2.37. The fourth-order valence-electron chi connectivity index (χ4n) is 2.81. The van der Waals surface area contributed by atoms with Crippen LogP contribution in [0.3, 0.4) is 0 Å². The molecule has 9 nitrogen and oxygen atoms in total. The second kappa shape index (κ2) is 7.70. The smallest absolute Gasteiger partial charge is 0.332 e. The SMILES string of the molecule is CN(C)C(=O)Cc1ccc(NC(=O)c2ccc3c(=O)n(C)c(=O)n(C)c3n2)cc1. The molecule has 0 bridgehead atoms. The molecule has 0 saturated carbocycles. The summed E-state index contributed by atoms with van der Waals surface area (Å²) in [5, 5.41) is 2.97. The minimum atomic E-state index is -0.518. The van der Waals surface area contributed by atoms with Gasteiger partial charge >= 0.3 is 5.69 Å². The van der Waals surface area contributed by atoms with Crippen molar-refractivity contribution in [3.63, 3.8) is 0 Å². The lowest BCUT2D eigenvalue weighted by atomic mass is 10.1. The number of anilines is 1. The second-order valence-electron chi connectivity index (χ2n) is 6.89. The van der Waals surface area contributed by atoms with E-state index in [1.165, 1.54) is 35.7 Å². The van der Waals surface area contributed by atoms with Crippen LogP contribution in [0.5, 0.6) is 0 Å². The Hall–Kier alpha value is -3.75. The Labute approximate surface area is 166 Å². The van der Waals surface area contributed by atoms with E-state index in [2.05, 4.69) is 10.3 Å². The zero-order valence-electron chi connectivity index (χ0n) is 16.6. The van der Waals surface area contributed by atoms with Crippen molar-refractivity contribution in [2.75, 3.05) is 19.4 Å². The summed E-state index contributed by atoms with van der Waals surface area (Å²) < 4.78 is 2.22. The highest BCUT2D eigenvalue weighted by Gasteiger charge is 2.14. The number of likely N-dealkylation sites (N-methyl/N-ethyl adjacent to an activating group) is 1. The van der Waals surface area contributed by atoms with Gasteiger partial charge in [0.25, 0.3) is 11.5 Å². The van der Waals surface area contributed by atoms with E-state index < -0.39 is 17.2 Å². The quantitative estimate of drug-likeness (QED) is 0.693. The van der Waals surface area contributed by atoms with Crippen molar-refractivity contribution in [2.24, 2.45) is 14.1 Å². The van der Waals surface area contributed by atoms with Gasteiger partial charge in [0, 0.05) is 33.9 Å². The lowest BCUT2D eigenvalue weighted by molar-refractivity contribution is -0.127. The summed E-state index contributed by atoms with van der Waals surface area (Å²) in [7, 11) is 6.27. The topological polar surface area (TPSA) is 106 Å². The van der Waals surface area contributed by atoms with Gasteiger partial charge in [-0.05, 0) is 29.8 Å². The Kier molecular flexibility index (Phi) is 5.31. The van der Waals surface area contributed by atoms with Gasteiger partial charge < -0.3 is 10.2 Å². The molecule has 0 spiro atoms. The molecular weight excluding hydrogens is 374 g/mol. The number of carbonyl (C=O) groups excluding carboxylic acids is 2. The zero-order valence-corrected chi connectivity index (χ0v) is 16.6. The number of fused-ring (bicyclic) bond motifs is 1. The predicted octanol–water partition coefficient (Wildman–Crippen LogP) is 0.515. The Morgan fingerprint density at radius 3 is 2.28 bits per heavy atom. The summed E-state index contributed by atoms with van der Waals surface area (Å²) in [6, 6.07) is 9.84. The van der Waals surface area contributed by atoms with Crippen LogP contribution in [0.25, 0.3) is 11.0 Å². The van der Waals surface area contributed by atoms with Gasteiger partial charge in [0.15, 0.2) is 0 Å². The molecule has 0 fully saturated rings. The maximum absolute atomic E-state index is 12.6. The number of aromatic nitrogens is 3. The Morgan fingerprint density at radius 1 is 1.00 bits per heavy atom. The molecule has 0 atom stereocenters. The predicted molar refractivity (Wildman–Crippen MR) is 109 cm³/mol. The Balaban J connectivity index is 1.84. The van der Waals surface area contributed by atoms with Crippen molar-refractivity contribution in [1.29, 1.82) is 0 Å². The maximum Gasteiger partial charge on any atom is 0.332 e. The van der Waals surface area contributed by atoms with Gasteiger partial charge in [-0.3, -0.25) is 23.5 Å². The minimum absolute atomic E-state index is 0.0149. The first-order valence-corrected chi connectivity index (χ1v) is 8.86. The van der Waals surface area contributed by atoms with Crippen LogP contribution < -0.4 is 16.6 Å². The maximum atomic E-state index is 12.6. The Morgan fingerprint density at radius 2 is 1.66 bits per heavy atom.